The summed E-state index contributed by atoms with van der Waals surface area (Å²) in [5.74, 6) is 1.64. The summed E-state index contributed by atoms with van der Waals surface area (Å²) in [5.41, 5.74) is 0. The van der Waals surface area contributed by atoms with E-state index in [9.17, 15) is 4.79 Å². The third-order valence-electron chi connectivity index (χ3n) is 3.94. The lowest BCUT2D eigenvalue weighted by Gasteiger charge is -2.20. The zero-order chi connectivity index (χ0) is 13.8. The summed E-state index contributed by atoms with van der Waals surface area (Å²) in [7, 11) is 0. The van der Waals surface area contributed by atoms with Crippen molar-refractivity contribution in [3.05, 3.63) is 0 Å². The molecule has 4 heteroatoms. The van der Waals surface area contributed by atoms with Gasteiger partial charge in [-0.25, -0.2) is 0 Å². The lowest BCUT2D eigenvalue weighted by molar-refractivity contribution is -0.130. The predicted molar refractivity (Wildman–Crippen MR) is 75.7 cm³/mol. The molecule has 0 aromatic heterocycles. The van der Waals surface area contributed by atoms with Crippen LogP contribution in [0, 0.1) is 11.8 Å². The van der Waals surface area contributed by atoms with Gasteiger partial charge in [-0.15, -0.1) is 0 Å². The van der Waals surface area contributed by atoms with Crippen LogP contribution >= 0.6 is 0 Å². The molecule has 19 heavy (non-hydrogen) atoms. The smallest absolute Gasteiger partial charge is 0.241 e. The number of nitrogens with zero attached hydrogens (tertiary/aromatic N) is 1. The van der Waals surface area contributed by atoms with Crippen LogP contribution in [-0.2, 0) is 9.53 Å². The van der Waals surface area contributed by atoms with Crippen molar-refractivity contribution in [3.8, 4) is 0 Å². The highest BCUT2D eigenvalue weighted by Gasteiger charge is 2.35. The fourth-order valence-corrected chi connectivity index (χ4v) is 2.66. The standard InChI is InChI=1S/C15H28N2O2/c1-11(2)9-14-15(18)17(12(3)16-14)7-4-8-19-10-13-5-6-13/h11-14,16H,4-10H2,1-3H3. The molecule has 0 bridgehead atoms. The van der Waals surface area contributed by atoms with Crippen LogP contribution in [0.5, 0.6) is 0 Å². The molecule has 0 aromatic rings. The molecule has 110 valence electrons. The topological polar surface area (TPSA) is 41.6 Å². The lowest BCUT2D eigenvalue weighted by atomic mass is 10.0. The average Bonchev–Trinajstić information content (AvgIpc) is 3.11. The van der Waals surface area contributed by atoms with Gasteiger partial charge in [-0.3, -0.25) is 10.1 Å². The maximum absolute atomic E-state index is 12.3. The molecule has 2 unspecified atom stereocenters. The molecule has 4 nitrogen and oxygen atoms in total. The Kier molecular flexibility index (Phi) is 5.22. The molecule has 0 radical (unpaired) electrons. The summed E-state index contributed by atoms with van der Waals surface area (Å²) in [6, 6.07) is 0.0161. The van der Waals surface area contributed by atoms with Gasteiger partial charge in [-0.2, -0.15) is 0 Å². The van der Waals surface area contributed by atoms with E-state index < -0.39 is 0 Å². The van der Waals surface area contributed by atoms with Gasteiger partial charge in [0.15, 0.2) is 0 Å². The van der Waals surface area contributed by atoms with Crippen molar-refractivity contribution in [2.45, 2.75) is 58.7 Å². The van der Waals surface area contributed by atoms with Crippen molar-refractivity contribution in [2.75, 3.05) is 19.8 Å². The minimum atomic E-state index is 0.0161. The molecule has 0 spiro atoms. The first kappa shape index (κ1) is 14.8. The molecule has 1 aliphatic carbocycles. The van der Waals surface area contributed by atoms with Gasteiger partial charge in [0.25, 0.3) is 0 Å². The Labute approximate surface area is 116 Å². The Balaban J connectivity index is 1.65. The largest absolute Gasteiger partial charge is 0.381 e. The number of carbonyl (C=O) groups excluding carboxylic acids is 1. The van der Waals surface area contributed by atoms with Gasteiger partial charge in [0.1, 0.15) is 0 Å². The number of ether oxygens (including phenoxy) is 1. The summed E-state index contributed by atoms with van der Waals surface area (Å²) in [5, 5.41) is 3.39. The number of amides is 1. The first-order valence-electron chi connectivity index (χ1n) is 7.72. The molecule has 2 atom stereocenters. The second kappa shape index (κ2) is 6.71. The van der Waals surface area contributed by atoms with E-state index in [0.717, 1.165) is 38.5 Å². The highest BCUT2D eigenvalue weighted by atomic mass is 16.5. The number of rotatable bonds is 8. The second-order valence-electron chi connectivity index (χ2n) is 6.43. The van der Waals surface area contributed by atoms with Gasteiger partial charge >= 0.3 is 0 Å². The van der Waals surface area contributed by atoms with Crippen LogP contribution in [0.4, 0.5) is 0 Å². The zero-order valence-corrected chi connectivity index (χ0v) is 12.5. The number of hydrogen-bond donors (Lipinski definition) is 1. The maximum Gasteiger partial charge on any atom is 0.241 e. The SMILES string of the molecule is CC(C)CC1NC(C)N(CCCOCC2CC2)C1=O. The Morgan fingerprint density at radius 1 is 1.42 bits per heavy atom. The molecule has 1 saturated carbocycles. The molecule has 1 N–H and O–H groups in total. The lowest BCUT2D eigenvalue weighted by Crippen LogP contribution is -2.35. The second-order valence-corrected chi connectivity index (χ2v) is 6.43. The Bertz CT molecular complexity index is 303. The van der Waals surface area contributed by atoms with Gasteiger partial charge in [0.2, 0.25) is 5.91 Å². The van der Waals surface area contributed by atoms with Crippen LogP contribution in [0.2, 0.25) is 0 Å². The predicted octanol–water partition coefficient (Wildman–Crippen LogP) is 2.00. The van der Waals surface area contributed by atoms with Crippen molar-refractivity contribution in [1.29, 1.82) is 0 Å². The Hall–Kier alpha value is -0.610. The quantitative estimate of drug-likeness (QED) is 0.685. The van der Waals surface area contributed by atoms with Gasteiger partial charge in [-0.1, -0.05) is 13.8 Å². The van der Waals surface area contributed by atoms with Gasteiger partial charge in [0.05, 0.1) is 12.2 Å². The minimum absolute atomic E-state index is 0.0161. The maximum atomic E-state index is 12.3. The van der Waals surface area contributed by atoms with E-state index >= 15 is 0 Å². The summed E-state index contributed by atoms with van der Waals surface area (Å²) in [6.45, 7) is 8.90. The number of nitrogens with one attached hydrogen (secondary N) is 1. The van der Waals surface area contributed by atoms with Crippen LogP contribution in [0.25, 0.3) is 0 Å². The van der Waals surface area contributed by atoms with Crippen LogP contribution in [0.3, 0.4) is 0 Å². The van der Waals surface area contributed by atoms with Crippen LogP contribution in [0.1, 0.15) is 46.5 Å². The molecule has 1 saturated heterocycles. The summed E-state index contributed by atoms with van der Waals surface area (Å²) in [4.78, 5) is 14.2. The summed E-state index contributed by atoms with van der Waals surface area (Å²) >= 11 is 0. The fourth-order valence-electron chi connectivity index (χ4n) is 2.66. The van der Waals surface area contributed by atoms with E-state index in [1.54, 1.807) is 0 Å². The molecule has 2 rings (SSSR count). The fraction of sp³-hybridized carbons (Fsp3) is 0.933. The van der Waals surface area contributed by atoms with Gasteiger partial charge in [0, 0.05) is 19.8 Å². The van der Waals surface area contributed by atoms with Crippen molar-refractivity contribution in [2.24, 2.45) is 11.8 Å². The van der Waals surface area contributed by atoms with Gasteiger partial charge in [-0.05, 0) is 44.4 Å². The van der Waals surface area contributed by atoms with Crippen molar-refractivity contribution in [1.82, 2.24) is 10.2 Å². The molecule has 1 heterocycles. The molecule has 1 aliphatic heterocycles. The molecule has 2 aliphatic rings. The highest BCUT2D eigenvalue weighted by molar-refractivity contribution is 5.84. The number of hydrogen-bond acceptors (Lipinski definition) is 3. The van der Waals surface area contributed by atoms with E-state index in [-0.39, 0.29) is 18.1 Å². The van der Waals surface area contributed by atoms with E-state index in [0.29, 0.717) is 5.92 Å². The number of carbonyl (C=O) groups is 1. The molecule has 1 amide bonds. The Morgan fingerprint density at radius 3 is 2.79 bits per heavy atom. The monoisotopic (exact) mass is 268 g/mol. The van der Waals surface area contributed by atoms with Crippen LogP contribution in [-0.4, -0.2) is 42.8 Å². The molecule has 2 fully saturated rings. The van der Waals surface area contributed by atoms with Crippen LogP contribution in [0.15, 0.2) is 0 Å². The average molecular weight is 268 g/mol. The first-order chi connectivity index (χ1) is 9.08. The van der Waals surface area contributed by atoms with E-state index in [4.69, 9.17) is 4.74 Å². The molecular formula is C15H28N2O2. The normalized spacial score (nSPS) is 27.6. The zero-order valence-electron chi connectivity index (χ0n) is 12.5. The first-order valence-corrected chi connectivity index (χ1v) is 7.72. The van der Waals surface area contributed by atoms with E-state index in [1.807, 2.05) is 4.90 Å². The van der Waals surface area contributed by atoms with E-state index in [2.05, 4.69) is 26.1 Å². The molecule has 0 aromatic carbocycles. The minimum Gasteiger partial charge on any atom is -0.381 e. The van der Waals surface area contributed by atoms with Crippen LogP contribution < -0.4 is 5.32 Å². The van der Waals surface area contributed by atoms with Crippen molar-refractivity contribution in [3.63, 3.8) is 0 Å². The Morgan fingerprint density at radius 2 is 2.16 bits per heavy atom. The highest BCUT2D eigenvalue weighted by Crippen LogP contribution is 2.28. The van der Waals surface area contributed by atoms with Crippen molar-refractivity contribution < 1.29 is 9.53 Å². The van der Waals surface area contributed by atoms with Crippen molar-refractivity contribution >= 4 is 5.91 Å². The third-order valence-corrected chi connectivity index (χ3v) is 3.94. The summed E-state index contributed by atoms with van der Waals surface area (Å²) < 4.78 is 5.62. The molecular weight excluding hydrogens is 240 g/mol. The van der Waals surface area contributed by atoms with E-state index in [1.165, 1.54) is 12.8 Å². The van der Waals surface area contributed by atoms with Gasteiger partial charge < -0.3 is 9.64 Å². The third kappa shape index (κ3) is 4.46. The summed E-state index contributed by atoms with van der Waals surface area (Å²) in [6.07, 6.45) is 4.71.